The lowest BCUT2D eigenvalue weighted by Crippen LogP contribution is -1.97. The van der Waals surface area contributed by atoms with Gasteiger partial charge in [-0.2, -0.15) is 0 Å². The van der Waals surface area contributed by atoms with E-state index in [0.29, 0.717) is 0 Å². The van der Waals surface area contributed by atoms with Crippen molar-refractivity contribution in [2.24, 2.45) is 0 Å². The van der Waals surface area contributed by atoms with Crippen LogP contribution >= 0.6 is 15.9 Å². The standard InChI is InChI=1S/C20H27BrO/c21-15-9-5-3-1-2-4-6-10-16-22-20-14-13-18-11-7-8-12-19(18)17-20/h7-8,11-14,17H,1-6,9-10,15-16H2. The average Bonchev–Trinajstić information content (AvgIpc) is 2.56. The van der Waals surface area contributed by atoms with Gasteiger partial charge in [-0.15, -0.1) is 0 Å². The third-order valence-corrected chi connectivity index (χ3v) is 4.58. The molecule has 2 aromatic rings. The Bertz CT molecular complexity index is 538. The van der Waals surface area contributed by atoms with Gasteiger partial charge in [-0.25, -0.2) is 0 Å². The van der Waals surface area contributed by atoms with E-state index in [0.717, 1.165) is 24.1 Å². The Labute approximate surface area is 143 Å². The molecule has 0 fully saturated rings. The summed E-state index contributed by atoms with van der Waals surface area (Å²) in [4.78, 5) is 0. The zero-order valence-corrected chi connectivity index (χ0v) is 15.0. The number of fused-ring (bicyclic) bond motifs is 1. The van der Waals surface area contributed by atoms with Crippen LogP contribution < -0.4 is 4.74 Å². The molecule has 1 nitrogen and oxygen atoms in total. The van der Waals surface area contributed by atoms with Gasteiger partial charge in [0.05, 0.1) is 6.61 Å². The minimum atomic E-state index is 0.835. The van der Waals surface area contributed by atoms with E-state index in [1.54, 1.807) is 0 Å². The number of ether oxygens (including phenoxy) is 1. The van der Waals surface area contributed by atoms with Crippen molar-refractivity contribution in [2.75, 3.05) is 11.9 Å². The van der Waals surface area contributed by atoms with Crippen LogP contribution in [0.15, 0.2) is 42.5 Å². The molecule has 0 aliphatic carbocycles. The van der Waals surface area contributed by atoms with Gasteiger partial charge < -0.3 is 4.74 Å². The van der Waals surface area contributed by atoms with Crippen molar-refractivity contribution in [3.8, 4) is 5.75 Å². The molecule has 0 amide bonds. The maximum Gasteiger partial charge on any atom is 0.119 e. The smallest absolute Gasteiger partial charge is 0.119 e. The van der Waals surface area contributed by atoms with E-state index in [4.69, 9.17) is 4.74 Å². The first-order chi connectivity index (χ1) is 10.9. The molecule has 0 heterocycles. The van der Waals surface area contributed by atoms with E-state index in [9.17, 15) is 0 Å². The zero-order valence-electron chi connectivity index (χ0n) is 13.4. The molecule has 0 aromatic heterocycles. The molecule has 0 bridgehead atoms. The Morgan fingerprint density at radius 2 is 1.32 bits per heavy atom. The lowest BCUT2D eigenvalue weighted by atomic mass is 10.1. The second kappa shape index (κ2) is 10.7. The van der Waals surface area contributed by atoms with Gasteiger partial charge in [-0.1, -0.05) is 84.8 Å². The fraction of sp³-hybridized carbons (Fsp3) is 0.500. The van der Waals surface area contributed by atoms with E-state index in [-0.39, 0.29) is 0 Å². The van der Waals surface area contributed by atoms with Crippen LogP contribution in [0.1, 0.15) is 51.4 Å². The summed E-state index contributed by atoms with van der Waals surface area (Å²) >= 11 is 3.48. The first kappa shape index (κ1) is 17.3. The molecule has 0 atom stereocenters. The van der Waals surface area contributed by atoms with Gasteiger partial charge in [0.2, 0.25) is 0 Å². The molecule has 0 aliphatic rings. The Balaban J connectivity index is 1.54. The monoisotopic (exact) mass is 362 g/mol. The number of unbranched alkanes of at least 4 members (excludes halogenated alkanes) is 7. The number of halogens is 1. The van der Waals surface area contributed by atoms with Crippen LogP contribution in [0.5, 0.6) is 5.75 Å². The van der Waals surface area contributed by atoms with Gasteiger partial charge in [0.1, 0.15) is 5.75 Å². The molecule has 22 heavy (non-hydrogen) atoms. The van der Waals surface area contributed by atoms with Gasteiger partial charge in [0, 0.05) is 5.33 Å². The van der Waals surface area contributed by atoms with Crippen molar-refractivity contribution in [3.05, 3.63) is 42.5 Å². The molecule has 0 N–H and O–H groups in total. The molecule has 2 heteroatoms. The summed E-state index contributed by atoms with van der Waals surface area (Å²) in [6, 6.07) is 14.8. The number of hydrogen-bond donors (Lipinski definition) is 0. The molecule has 2 rings (SSSR count). The molecular formula is C20H27BrO. The fourth-order valence-corrected chi connectivity index (χ4v) is 3.10. The van der Waals surface area contributed by atoms with Gasteiger partial charge in [0.25, 0.3) is 0 Å². The van der Waals surface area contributed by atoms with E-state index in [2.05, 4.69) is 58.4 Å². The third kappa shape index (κ3) is 6.39. The molecule has 0 radical (unpaired) electrons. The zero-order chi connectivity index (χ0) is 15.5. The quantitative estimate of drug-likeness (QED) is 0.317. The minimum absolute atomic E-state index is 0.835. The topological polar surface area (TPSA) is 9.23 Å². The highest BCUT2D eigenvalue weighted by Crippen LogP contribution is 2.20. The normalized spacial score (nSPS) is 11.0. The summed E-state index contributed by atoms with van der Waals surface area (Å²) < 4.78 is 5.87. The summed E-state index contributed by atoms with van der Waals surface area (Å²) in [5.41, 5.74) is 0. The Morgan fingerprint density at radius 1 is 0.682 bits per heavy atom. The van der Waals surface area contributed by atoms with E-state index < -0.39 is 0 Å². The van der Waals surface area contributed by atoms with Gasteiger partial charge in [-0.3, -0.25) is 0 Å². The minimum Gasteiger partial charge on any atom is -0.494 e. The molecule has 120 valence electrons. The van der Waals surface area contributed by atoms with Crippen molar-refractivity contribution in [2.45, 2.75) is 51.4 Å². The molecule has 0 unspecified atom stereocenters. The van der Waals surface area contributed by atoms with E-state index in [1.165, 1.54) is 55.7 Å². The first-order valence-corrected chi connectivity index (χ1v) is 9.70. The van der Waals surface area contributed by atoms with Crippen molar-refractivity contribution >= 4 is 26.7 Å². The van der Waals surface area contributed by atoms with Crippen LogP contribution in [-0.2, 0) is 0 Å². The predicted octanol–water partition coefficient (Wildman–Crippen LogP) is 6.73. The SMILES string of the molecule is BrCCCCCCCCCCOc1ccc2ccccc2c1. The largest absolute Gasteiger partial charge is 0.494 e. The van der Waals surface area contributed by atoms with Crippen molar-refractivity contribution in [1.29, 1.82) is 0 Å². The van der Waals surface area contributed by atoms with Crippen LogP contribution in [0.3, 0.4) is 0 Å². The number of benzene rings is 2. The third-order valence-electron chi connectivity index (χ3n) is 4.02. The highest BCUT2D eigenvalue weighted by atomic mass is 79.9. The van der Waals surface area contributed by atoms with Gasteiger partial charge >= 0.3 is 0 Å². The number of rotatable bonds is 11. The Hall–Kier alpha value is -1.02. The van der Waals surface area contributed by atoms with E-state index >= 15 is 0 Å². The summed E-state index contributed by atoms with van der Waals surface area (Å²) in [5.74, 6) is 0.994. The predicted molar refractivity (Wildman–Crippen MR) is 100 cm³/mol. The highest BCUT2D eigenvalue weighted by molar-refractivity contribution is 9.09. The molecule has 0 aliphatic heterocycles. The first-order valence-electron chi connectivity index (χ1n) is 8.58. The van der Waals surface area contributed by atoms with Crippen molar-refractivity contribution in [3.63, 3.8) is 0 Å². The van der Waals surface area contributed by atoms with Crippen molar-refractivity contribution in [1.82, 2.24) is 0 Å². The lowest BCUT2D eigenvalue weighted by molar-refractivity contribution is 0.304. The van der Waals surface area contributed by atoms with Gasteiger partial charge in [-0.05, 0) is 35.7 Å². The summed E-state index contributed by atoms with van der Waals surface area (Å²) in [6.07, 6.45) is 10.6. The van der Waals surface area contributed by atoms with Crippen molar-refractivity contribution < 1.29 is 4.74 Å². The Kier molecular flexibility index (Phi) is 8.40. The maximum absolute atomic E-state index is 5.87. The fourth-order valence-electron chi connectivity index (χ4n) is 2.70. The summed E-state index contributed by atoms with van der Waals surface area (Å²) in [6.45, 7) is 0.835. The molecule has 2 aromatic carbocycles. The summed E-state index contributed by atoms with van der Waals surface area (Å²) in [7, 11) is 0. The number of hydrogen-bond acceptors (Lipinski definition) is 1. The van der Waals surface area contributed by atoms with E-state index in [1.807, 2.05) is 0 Å². The molecule has 0 spiro atoms. The second-order valence-electron chi connectivity index (χ2n) is 5.87. The molecule has 0 saturated carbocycles. The number of alkyl halides is 1. The average molecular weight is 363 g/mol. The van der Waals surface area contributed by atoms with Crippen LogP contribution in [0.4, 0.5) is 0 Å². The highest BCUT2D eigenvalue weighted by Gasteiger charge is 1.97. The van der Waals surface area contributed by atoms with Crippen LogP contribution in [0.2, 0.25) is 0 Å². The van der Waals surface area contributed by atoms with Crippen LogP contribution in [-0.4, -0.2) is 11.9 Å². The van der Waals surface area contributed by atoms with Crippen LogP contribution in [0, 0.1) is 0 Å². The summed E-state index contributed by atoms with van der Waals surface area (Å²) in [5, 5.41) is 3.68. The molecular weight excluding hydrogens is 336 g/mol. The lowest BCUT2D eigenvalue weighted by Gasteiger charge is -2.07. The maximum atomic E-state index is 5.87. The molecule has 0 saturated heterocycles. The van der Waals surface area contributed by atoms with Crippen LogP contribution in [0.25, 0.3) is 10.8 Å². The van der Waals surface area contributed by atoms with Gasteiger partial charge in [0.15, 0.2) is 0 Å². The second-order valence-corrected chi connectivity index (χ2v) is 6.67. The Morgan fingerprint density at radius 3 is 2.05 bits per heavy atom.